The normalized spacial score (nSPS) is 12.2. The predicted octanol–water partition coefficient (Wildman–Crippen LogP) is 1.77. The lowest BCUT2D eigenvalue weighted by Gasteiger charge is -2.09. The molecule has 8 nitrogen and oxygen atoms in total. The van der Waals surface area contributed by atoms with Gasteiger partial charge in [0.1, 0.15) is 5.82 Å². The molecule has 2 heterocycles. The number of sulfonamides is 1. The molecule has 0 saturated heterocycles. The third-order valence-electron chi connectivity index (χ3n) is 4.55. The van der Waals surface area contributed by atoms with Crippen LogP contribution in [0.2, 0.25) is 0 Å². The van der Waals surface area contributed by atoms with E-state index in [1.807, 2.05) is 35.8 Å². The van der Waals surface area contributed by atoms with Crippen LogP contribution in [0.1, 0.15) is 5.82 Å². The second-order valence-electron chi connectivity index (χ2n) is 6.25. The van der Waals surface area contributed by atoms with Gasteiger partial charge in [0.15, 0.2) is 5.58 Å². The lowest BCUT2D eigenvalue weighted by Crippen LogP contribution is -2.27. The molecule has 0 fully saturated rings. The van der Waals surface area contributed by atoms with Gasteiger partial charge >= 0.3 is 5.76 Å². The third kappa shape index (κ3) is 3.04. The fraction of sp³-hybridized carbons (Fsp3) is 0.222. The van der Waals surface area contributed by atoms with Crippen LogP contribution in [0.25, 0.3) is 22.1 Å². The van der Waals surface area contributed by atoms with E-state index in [4.69, 9.17) is 4.42 Å². The zero-order valence-corrected chi connectivity index (χ0v) is 15.7. The van der Waals surface area contributed by atoms with Crippen molar-refractivity contribution in [1.29, 1.82) is 0 Å². The van der Waals surface area contributed by atoms with Gasteiger partial charge in [0, 0.05) is 26.2 Å². The van der Waals surface area contributed by atoms with Crippen molar-refractivity contribution in [1.82, 2.24) is 18.8 Å². The summed E-state index contributed by atoms with van der Waals surface area (Å²) in [5.41, 5.74) is 2.62. The van der Waals surface area contributed by atoms with E-state index < -0.39 is 15.8 Å². The molecule has 140 valence electrons. The Hall–Kier alpha value is -2.91. The van der Waals surface area contributed by atoms with E-state index in [0.717, 1.165) is 16.9 Å². The Kier molecular flexibility index (Phi) is 4.12. The molecular weight excluding hydrogens is 368 g/mol. The lowest BCUT2D eigenvalue weighted by atomic mass is 10.3. The van der Waals surface area contributed by atoms with E-state index in [2.05, 4.69) is 9.71 Å². The number of aromatic nitrogens is 3. The molecule has 0 unspecified atom stereocenters. The zero-order valence-electron chi connectivity index (χ0n) is 14.8. The van der Waals surface area contributed by atoms with Crippen LogP contribution in [0.3, 0.4) is 0 Å². The number of para-hydroxylation sites is 2. The number of rotatable bonds is 5. The van der Waals surface area contributed by atoms with Gasteiger partial charge in [-0.15, -0.1) is 0 Å². The first-order valence-electron chi connectivity index (χ1n) is 8.38. The summed E-state index contributed by atoms with van der Waals surface area (Å²) >= 11 is 0. The molecule has 2 aromatic heterocycles. The maximum Gasteiger partial charge on any atom is 0.419 e. The second kappa shape index (κ2) is 6.36. The number of nitrogens with zero attached hydrogens (tertiary/aromatic N) is 3. The molecule has 0 atom stereocenters. The smallest absolute Gasteiger partial charge is 0.408 e. The molecule has 0 saturated carbocycles. The van der Waals surface area contributed by atoms with Crippen LogP contribution in [0.4, 0.5) is 0 Å². The SMILES string of the molecule is Cc1nc2ccccc2n1CCNS(=O)(=O)c1ccc2c(c1)oc(=O)n2C. The molecule has 0 aliphatic heterocycles. The molecule has 0 aliphatic carbocycles. The standard InChI is InChI=1S/C18H18N4O4S/c1-12-20-14-5-3-4-6-15(14)22(12)10-9-19-27(24,25)13-7-8-16-17(11-13)26-18(23)21(16)2/h3-8,11,19H,9-10H2,1-2H3. The van der Waals surface area contributed by atoms with Gasteiger partial charge < -0.3 is 8.98 Å². The van der Waals surface area contributed by atoms with Crippen molar-refractivity contribution in [3.63, 3.8) is 0 Å². The number of oxazole rings is 1. The summed E-state index contributed by atoms with van der Waals surface area (Å²) < 4.78 is 36.1. The third-order valence-corrected chi connectivity index (χ3v) is 6.01. The number of hydrogen-bond acceptors (Lipinski definition) is 5. The first-order valence-corrected chi connectivity index (χ1v) is 9.86. The van der Waals surface area contributed by atoms with Crippen molar-refractivity contribution in [2.45, 2.75) is 18.4 Å². The van der Waals surface area contributed by atoms with Crippen molar-refractivity contribution in [2.75, 3.05) is 6.54 Å². The maximum atomic E-state index is 12.6. The van der Waals surface area contributed by atoms with Gasteiger partial charge in [-0.3, -0.25) is 4.57 Å². The van der Waals surface area contributed by atoms with E-state index in [9.17, 15) is 13.2 Å². The van der Waals surface area contributed by atoms with Crippen molar-refractivity contribution in [2.24, 2.45) is 7.05 Å². The van der Waals surface area contributed by atoms with E-state index in [1.54, 1.807) is 13.1 Å². The lowest BCUT2D eigenvalue weighted by molar-refractivity contribution is 0.527. The number of benzene rings is 2. The molecule has 0 aliphatic rings. The van der Waals surface area contributed by atoms with Crippen molar-refractivity contribution in [3.05, 3.63) is 58.8 Å². The van der Waals surface area contributed by atoms with Gasteiger partial charge in [-0.1, -0.05) is 12.1 Å². The minimum absolute atomic E-state index is 0.0524. The molecule has 27 heavy (non-hydrogen) atoms. The monoisotopic (exact) mass is 386 g/mol. The summed E-state index contributed by atoms with van der Waals surface area (Å²) in [4.78, 5) is 16.1. The molecule has 1 N–H and O–H groups in total. The molecule has 2 aromatic carbocycles. The van der Waals surface area contributed by atoms with Crippen LogP contribution in [-0.4, -0.2) is 29.1 Å². The van der Waals surface area contributed by atoms with Gasteiger partial charge in [0.2, 0.25) is 10.0 Å². The van der Waals surface area contributed by atoms with Crippen LogP contribution in [0, 0.1) is 6.92 Å². The minimum Gasteiger partial charge on any atom is -0.408 e. The molecular formula is C18H18N4O4S. The topological polar surface area (TPSA) is 99.1 Å². The Labute approximate surface area is 155 Å². The summed E-state index contributed by atoms with van der Waals surface area (Å²) in [6.07, 6.45) is 0. The molecule has 0 amide bonds. The largest absolute Gasteiger partial charge is 0.419 e. The van der Waals surface area contributed by atoms with E-state index in [0.29, 0.717) is 12.1 Å². The van der Waals surface area contributed by atoms with Crippen molar-refractivity contribution in [3.8, 4) is 0 Å². The summed E-state index contributed by atoms with van der Waals surface area (Å²) in [7, 11) is -2.16. The van der Waals surface area contributed by atoms with Gasteiger partial charge in [-0.25, -0.2) is 22.9 Å². The van der Waals surface area contributed by atoms with Crippen molar-refractivity contribution >= 4 is 32.2 Å². The molecule has 0 bridgehead atoms. The van der Waals surface area contributed by atoms with Crippen LogP contribution >= 0.6 is 0 Å². The zero-order chi connectivity index (χ0) is 19.2. The molecule has 4 aromatic rings. The average Bonchev–Trinajstić information content (AvgIpc) is 3.11. The predicted molar refractivity (Wildman–Crippen MR) is 101 cm³/mol. The Morgan fingerprint density at radius 2 is 1.93 bits per heavy atom. The average molecular weight is 386 g/mol. The van der Waals surface area contributed by atoms with Crippen LogP contribution in [-0.2, 0) is 23.6 Å². The molecule has 9 heteroatoms. The summed E-state index contributed by atoms with van der Waals surface area (Å²) in [6.45, 7) is 2.55. The summed E-state index contributed by atoms with van der Waals surface area (Å²) in [5, 5.41) is 0. The fourth-order valence-corrected chi connectivity index (χ4v) is 4.17. The number of nitrogens with one attached hydrogen (secondary N) is 1. The number of fused-ring (bicyclic) bond motifs is 2. The highest BCUT2D eigenvalue weighted by molar-refractivity contribution is 7.89. The van der Waals surface area contributed by atoms with Gasteiger partial charge in [-0.05, 0) is 31.2 Å². The summed E-state index contributed by atoms with van der Waals surface area (Å²) in [5.74, 6) is 0.290. The Bertz CT molecular complexity index is 1310. The quantitative estimate of drug-likeness (QED) is 0.564. The van der Waals surface area contributed by atoms with Crippen LogP contribution in [0.5, 0.6) is 0 Å². The highest BCUT2D eigenvalue weighted by Gasteiger charge is 2.17. The van der Waals surface area contributed by atoms with E-state index >= 15 is 0 Å². The van der Waals surface area contributed by atoms with Crippen molar-refractivity contribution < 1.29 is 12.8 Å². The molecule has 4 rings (SSSR count). The number of imidazole rings is 1. The van der Waals surface area contributed by atoms with Gasteiger partial charge in [0.25, 0.3) is 0 Å². The number of aryl methyl sites for hydroxylation is 2. The molecule has 0 spiro atoms. The van der Waals surface area contributed by atoms with Gasteiger partial charge in [0.05, 0.1) is 21.4 Å². The van der Waals surface area contributed by atoms with Crippen LogP contribution in [0.15, 0.2) is 56.6 Å². The first-order chi connectivity index (χ1) is 12.9. The second-order valence-corrected chi connectivity index (χ2v) is 8.02. The van der Waals surface area contributed by atoms with E-state index in [-0.39, 0.29) is 17.0 Å². The minimum atomic E-state index is -3.73. The maximum absolute atomic E-state index is 12.6. The fourth-order valence-electron chi connectivity index (χ4n) is 3.13. The highest BCUT2D eigenvalue weighted by atomic mass is 32.2. The first kappa shape index (κ1) is 17.5. The van der Waals surface area contributed by atoms with Gasteiger partial charge in [-0.2, -0.15) is 0 Å². The Morgan fingerprint density at radius 3 is 2.74 bits per heavy atom. The number of hydrogen-bond donors (Lipinski definition) is 1. The summed E-state index contributed by atoms with van der Waals surface area (Å²) in [6, 6.07) is 12.1. The highest BCUT2D eigenvalue weighted by Crippen LogP contribution is 2.18. The van der Waals surface area contributed by atoms with Crippen LogP contribution < -0.4 is 10.5 Å². The molecule has 0 radical (unpaired) electrons. The Morgan fingerprint density at radius 1 is 1.15 bits per heavy atom. The Balaban J connectivity index is 1.55. The van der Waals surface area contributed by atoms with E-state index in [1.165, 1.54) is 16.7 Å².